The van der Waals surface area contributed by atoms with Crippen LogP contribution in [0.15, 0.2) is 18.2 Å². The number of amides is 1. The Kier molecular flexibility index (Phi) is 5.39. The highest BCUT2D eigenvalue weighted by Gasteiger charge is 2.72. The van der Waals surface area contributed by atoms with Gasteiger partial charge >= 0.3 is 12.4 Å². The van der Waals surface area contributed by atoms with Crippen molar-refractivity contribution in [1.29, 1.82) is 0 Å². The Labute approximate surface area is 140 Å². The van der Waals surface area contributed by atoms with Crippen LogP contribution in [-0.4, -0.2) is 36.2 Å². The summed E-state index contributed by atoms with van der Waals surface area (Å²) >= 11 is 0. The molecule has 0 atom stereocenters. The van der Waals surface area contributed by atoms with E-state index < -0.39 is 43.2 Å². The summed E-state index contributed by atoms with van der Waals surface area (Å²) in [7, 11) is 0. The van der Waals surface area contributed by atoms with Crippen LogP contribution in [0.25, 0.3) is 0 Å². The molecule has 0 unspecified atom stereocenters. The van der Waals surface area contributed by atoms with Gasteiger partial charge in [-0.25, -0.2) is 0 Å². The maximum Gasteiger partial charge on any atom is 0.404 e. The topological polar surface area (TPSA) is 46.3 Å². The summed E-state index contributed by atoms with van der Waals surface area (Å²) in [5.41, 5.74) is 2.28. The molecular formula is C14H15ClF6N2O. The molecule has 0 saturated carbocycles. The molecule has 1 aromatic rings. The minimum atomic E-state index is -5.48. The standard InChI is InChI=1S/C14H14F6N2O.ClH/c1-8-2-3-9(21)6-10(8)11(23)22-5-4-12(7-22,13(15,16)17)14(18,19)20;/h2-3,6H,4-5,7,21H2,1H3;1H. The van der Waals surface area contributed by atoms with Gasteiger partial charge in [-0.2, -0.15) is 26.3 Å². The number of nitrogens with zero attached hydrogens (tertiary/aromatic N) is 1. The van der Waals surface area contributed by atoms with Gasteiger partial charge < -0.3 is 10.6 Å². The average molecular weight is 377 g/mol. The first-order chi connectivity index (χ1) is 10.4. The molecule has 10 heteroatoms. The van der Waals surface area contributed by atoms with E-state index in [1.807, 2.05) is 0 Å². The van der Waals surface area contributed by atoms with Gasteiger partial charge in [-0.05, 0) is 31.0 Å². The summed E-state index contributed by atoms with van der Waals surface area (Å²) in [5, 5.41) is 0. The van der Waals surface area contributed by atoms with Gasteiger partial charge in [-0.1, -0.05) is 6.07 Å². The number of benzene rings is 1. The fourth-order valence-corrected chi connectivity index (χ4v) is 2.65. The Bertz CT molecular complexity index is 615. The highest BCUT2D eigenvalue weighted by molar-refractivity contribution is 5.96. The molecule has 1 fully saturated rings. The predicted molar refractivity (Wildman–Crippen MR) is 77.9 cm³/mol. The number of alkyl halides is 6. The first-order valence-electron chi connectivity index (χ1n) is 6.68. The number of likely N-dealkylation sites (tertiary alicyclic amines) is 1. The van der Waals surface area contributed by atoms with Gasteiger partial charge in [0.15, 0.2) is 5.41 Å². The molecular weight excluding hydrogens is 362 g/mol. The predicted octanol–water partition coefficient (Wildman–Crippen LogP) is 3.96. The van der Waals surface area contributed by atoms with E-state index in [1.165, 1.54) is 25.1 Å². The van der Waals surface area contributed by atoms with Crippen molar-refractivity contribution in [3.8, 4) is 0 Å². The van der Waals surface area contributed by atoms with E-state index in [9.17, 15) is 31.1 Å². The lowest BCUT2D eigenvalue weighted by molar-refractivity contribution is -0.334. The highest BCUT2D eigenvalue weighted by Crippen LogP contribution is 2.55. The van der Waals surface area contributed by atoms with Crippen molar-refractivity contribution in [3.05, 3.63) is 29.3 Å². The molecule has 0 radical (unpaired) electrons. The maximum absolute atomic E-state index is 13.0. The van der Waals surface area contributed by atoms with Crippen molar-refractivity contribution in [1.82, 2.24) is 4.90 Å². The summed E-state index contributed by atoms with van der Waals surface area (Å²) in [5.74, 6) is -0.884. The molecule has 1 aliphatic rings. The quantitative estimate of drug-likeness (QED) is 0.596. The van der Waals surface area contributed by atoms with Crippen molar-refractivity contribution >= 4 is 24.0 Å². The van der Waals surface area contributed by atoms with Crippen LogP contribution in [0, 0.1) is 12.3 Å². The first-order valence-corrected chi connectivity index (χ1v) is 6.68. The fourth-order valence-electron chi connectivity index (χ4n) is 2.65. The normalized spacial score (nSPS) is 17.5. The lowest BCUT2D eigenvalue weighted by atomic mass is 9.85. The lowest BCUT2D eigenvalue weighted by Crippen LogP contribution is -2.52. The number of aryl methyl sites for hydroxylation is 1. The third kappa shape index (κ3) is 3.26. The molecule has 1 amide bonds. The van der Waals surface area contributed by atoms with Crippen LogP contribution >= 0.6 is 12.4 Å². The second-order valence-corrected chi connectivity index (χ2v) is 5.63. The molecule has 1 saturated heterocycles. The number of nitrogen functional groups attached to an aromatic ring is 1. The molecule has 0 bridgehead atoms. The van der Waals surface area contributed by atoms with Crippen LogP contribution < -0.4 is 5.73 Å². The molecule has 2 rings (SSSR count). The second kappa shape index (κ2) is 6.34. The van der Waals surface area contributed by atoms with E-state index in [-0.39, 0.29) is 23.7 Å². The van der Waals surface area contributed by atoms with Crippen molar-refractivity contribution in [3.63, 3.8) is 0 Å². The summed E-state index contributed by atoms with van der Waals surface area (Å²) in [6.45, 7) is -0.525. The Morgan fingerprint density at radius 2 is 1.71 bits per heavy atom. The summed E-state index contributed by atoms with van der Waals surface area (Å²) in [6, 6.07) is 4.23. The molecule has 0 aromatic heterocycles. The van der Waals surface area contributed by atoms with Crippen molar-refractivity contribution in [2.75, 3.05) is 18.8 Å². The zero-order valence-electron chi connectivity index (χ0n) is 12.5. The van der Waals surface area contributed by atoms with Gasteiger partial charge in [0.05, 0.1) is 0 Å². The largest absolute Gasteiger partial charge is 0.404 e. The third-order valence-electron chi connectivity index (χ3n) is 4.13. The molecule has 136 valence electrons. The molecule has 3 nitrogen and oxygen atoms in total. The third-order valence-corrected chi connectivity index (χ3v) is 4.13. The lowest BCUT2D eigenvalue weighted by Gasteiger charge is -2.33. The zero-order valence-corrected chi connectivity index (χ0v) is 13.3. The van der Waals surface area contributed by atoms with E-state index in [0.717, 1.165) is 0 Å². The Morgan fingerprint density at radius 1 is 1.17 bits per heavy atom. The molecule has 24 heavy (non-hydrogen) atoms. The van der Waals surface area contributed by atoms with Gasteiger partial charge in [0.25, 0.3) is 5.91 Å². The number of hydrogen-bond acceptors (Lipinski definition) is 2. The van der Waals surface area contributed by atoms with E-state index in [2.05, 4.69) is 0 Å². The number of nitrogens with two attached hydrogens (primary N) is 1. The molecule has 1 heterocycles. The number of hydrogen-bond donors (Lipinski definition) is 1. The van der Waals surface area contributed by atoms with E-state index in [4.69, 9.17) is 5.73 Å². The van der Waals surface area contributed by atoms with Gasteiger partial charge in [0, 0.05) is 24.3 Å². The molecule has 2 N–H and O–H groups in total. The highest BCUT2D eigenvalue weighted by atomic mass is 35.5. The Morgan fingerprint density at radius 3 is 2.17 bits per heavy atom. The summed E-state index contributed by atoms with van der Waals surface area (Å²) in [4.78, 5) is 12.9. The van der Waals surface area contributed by atoms with Crippen LogP contribution in [0.3, 0.4) is 0 Å². The van der Waals surface area contributed by atoms with Crippen molar-refractivity contribution in [2.24, 2.45) is 5.41 Å². The van der Waals surface area contributed by atoms with E-state index in [0.29, 0.717) is 10.5 Å². The average Bonchev–Trinajstić information content (AvgIpc) is 2.86. The van der Waals surface area contributed by atoms with Crippen LogP contribution in [0.4, 0.5) is 32.0 Å². The van der Waals surface area contributed by atoms with Crippen LogP contribution in [0.2, 0.25) is 0 Å². The monoisotopic (exact) mass is 376 g/mol. The van der Waals surface area contributed by atoms with Gasteiger partial charge in [-0.15, -0.1) is 12.4 Å². The SMILES string of the molecule is Cc1ccc(N)cc1C(=O)N1CCC(C(F)(F)F)(C(F)(F)F)C1.Cl. The smallest absolute Gasteiger partial charge is 0.399 e. The van der Waals surface area contributed by atoms with Crippen molar-refractivity contribution < 1.29 is 31.1 Å². The Hall–Kier alpha value is -1.64. The summed E-state index contributed by atoms with van der Waals surface area (Å²) in [6.07, 6.45) is -12.2. The molecule has 1 aliphatic heterocycles. The second-order valence-electron chi connectivity index (χ2n) is 5.63. The summed E-state index contributed by atoms with van der Waals surface area (Å²) < 4.78 is 78.1. The first kappa shape index (κ1) is 20.4. The van der Waals surface area contributed by atoms with Gasteiger partial charge in [-0.3, -0.25) is 4.79 Å². The Balaban J connectivity index is 0.00000288. The fraction of sp³-hybridized carbons (Fsp3) is 0.500. The molecule has 0 aliphatic carbocycles. The maximum atomic E-state index is 13.0. The number of rotatable bonds is 1. The van der Waals surface area contributed by atoms with E-state index >= 15 is 0 Å². The van der Waals surface area contributed by atoms with Crippen LogP contribution in [-0.2, 0) is 0 Å². The molecule has 1 aromatic carbocycles. The zero-order chi connectivity index (χ0) is 17.6. The minimum Gasteiger partial charge on any atom is -0.399 e. The van der Waals surface area contributed by atoms with Gasteiger partial charge in [0.1, 0.15) is 0 Å². The minimum absolute atomic E-state index is 0. The van der Waals surface area contributed by atoms with E-state index in [1.54, 1.807) is 0 Å². The number of carbonyl (C=O) groups excluding carboxylic acids is 1. The number of anilines is 1. The van der Waals surface area contributed by atoms with Gasteiger partial charge in [0.2, 0.25) is 0 Å². The molecule has 0 spiro atoms. The van der Waals surface area contributed by atoms with Crippen molar-refractivity contribution in [2.45, 2.75) is 25.7 Å². The van der Waals surface area contributed by atoms with Crippen LogP contribution in [0.5, 0.6) is 0 Å². The number of halogens is 7. The number of carbonyl (C=O) groups is 1. The van der Waals surface area contributed by atoms with Crippen LogP contribution in [0.1, 0.15) is 22.3 Å².